The Morgan fingerprint density at radius 2 is 2.18 bits per heavy atom. The lowest BCUT2D eigenvalue weighted by Gasteiger charge is -2.38. The predicted molar refractivity (Wildman–Crippen MR) is 142 cm³/mol. The van der Waals surface area contributed by atoms with Crippen LogP contribution in [0.25, 0.3) is 5.70 Å². The molecule has 2 atom stereocenters. The number of aliphatic imine (C=N–C) groups is 1. The van der Waals surface area contributed by atoms with Gasteiger partial charge in [-0.15, -0.1) is 0 Å². The molecule has 2 aromatic rings. The number of hydrogen-bond acceptors (Lipinski definition) is 5. The number of ether oxygens (including phenoxy) is 1. The number of amidine groups is 1. The average molecular weight is 466 g/mol. The van der Waals surface area contributed by atoms with Gasteiger partial charge < -0.3 is 24.8 Å². The van der Waals surface area contributed by atoms with E-state index in [1.54, 1.807) is 0 Å². The average Bonchev–Trinajstić information content (AvgIpc) is 3.53. The van der Waals surface area contributed by atoms with E-state index in [1.807, 2.05) is 43.0 Å². The number of carbonyl (C=O) groups excluding carboxylic acids is 1. The van der Waals surface area contributed by atoms with Crippen LogP contribution < -0.4 is 15.5 Å². The summed E-state index contributed by atoms with van der Waals surface area (Å²) in [5, 5.41) is 6.38. The van der Waals surface area contributed by atoms with Crippen LogP contribution in [0.3, 0.4) is 0 Å². The number of allylic oxidation sites excluding steroid dienone is 1. The van der Waals surface area contributed by atoms with Crippen LogP contribution >= 0.6 is 0 Å². The molecule has 1 fully saturated rings. The molecule has 34 heavy (non-hydrogen) atoms. The summed E-state index contributed by atoms with van der Waals surface area (Å²) in [5.41, 5.74) is 4.87. The third kappa shape index (κ3) is 5.59. The van der Waals surface area contributed by atoms with E-state index >= 15 is 0 Å². The van der Waals surface area contributed by atoms with Crippen LogP contribution in [0.4, 0.5) is 5.69 Å². The van der Waals surface area contributed by atoms with E-state index in [4.69, 9.17) is 9.73 Å². The Bertz CT molecular complexity index is 1120. The molecule has 0 bridgehead atoms. The lowest BCUT2D eigenvalue weighted by molar-refractivity contribution is 0.0344. The zero-order valence-electron chi connectivity index (χ0n) is 20.5. The minimum Gasteiger partial charge on any atom is -0.375 e. The molecule has 0 saturated carbocycles. The quantitative estimate of drug-likeness (QED) is 0.623. The molecule has 7 heteroatoms. The zero-order chi connectivity index (χ0) is 24.1. The minimum atomic E-state index is -0.0796. The van der Waals surface area contributed by atoms with Crippen molar-refractivity contribution >= 4 is 23.1 Å². The number of rotatable bonds is 7. The first-order chi connectivity index (χ1) is 16.5. The number of carbonyl (C=O) groups is 1. The van der Waals surface area contributed by atoms with Crippen LogP contribution in [0, 0.1) is 0 Å². The highest BCUT2D eigenvalue weighted by Crippen LogP contribution is 2.28. The Kier molecular flexibility index (Phi) is 7.53. The van der Waals surface area contributed by atoms with Crippen molar-refractivity contribution in [3.63, 3.8) is 0 Å². The topological polar surface area (TPSA) is 70.9 Å². The van der Waals surface area contributed by atoms with E-state index in [9.17, 15) is 4.79 Å². The standard InChI is InChI=1S/C27H35N5O2.2H2/c1-5-23(15-28-27(33)22-12-13-31(6-2)17-22)29-26-11-10-25(30-26)21-8-7-9-24(14-21)32-16-20(4)34-18-19(32)3;;/h5,7-10,12-14,17,19-20H,6,11,15-16,18H2,1-4H3,(H,28,33)(H,29,30);2*1H/b23-5-;;/t19-,20+;;/m0../s1. The highest BCUT2D eigenvalue weighted by molar-refractivity contribution is 5.96. The Hall–Kier alpha value is -3.32. The molecule has 0 aliphatic carbocycles. The largest absolute Gasteiger partial charge is 0.375 e. The molecule has 1 aromatic heterocycles. The molecule has 2 aliphatic heterocycles. The van der Waals surface area contributed by atoms with Crippen molar-refractivity contribution in [2.24, 2.45) is 4.99 Å². The Balaban J connectivity index is 0.00000228. The molecule has 1 amide bonds. The second-order valence-electron chi connectivity index (χ2n) is 8.90. The summed E-state index contributed by atoms with van der Waals surface area (Å²) in [5.74, 6) is 0.803. The number of amides is 1. The molecular weight excluding hydrogens is 426 g/mol. The van der Waals surface area contributed by atoms with Gasteiger partial charge in [-0.1, -0.05) is 24.3 Å². The van der Waals surface area contributed by atoms with Crippen LogP contribution in [0.5, 0.6) is 0 Å². The zero-order valence-corrected chi connectivity index (χ0v) is 20.5. The maximum absolute atomic E-state index is 12.4. The summed E-state index contributed by atoms with van der Waals surface area (Å²) in [6.07, 6.45) is 8.85. The second-order valence-corrected chi connectivity index (χ2v) is 8.90. The van der Waals surface area contributed by atoms with Crippen molar-refractivity contribution in [3.8, 4) is 0 Å². The number of anilines is 1. The summed E-state index contributed by atoms with van der Waals surface area (Å²) >= 11 is 0. The van der Waals surface area contributed by atoms with E-state index in [-0.39, 0.29) is 14.9 Å². The van der Waals surface area contributed by atoms with Crippen molar-refractivity contribution in [2.75, 3.05) is 24.6 Å². The summed E-state index contributed by atoms with van der Waals surface area (Å²) in [6.45, 7) is 11.2. The minimum absolute atomic E-state index is 0. The third-order valence-corrected chi connectivity index (χ3v) is 6.30. The first kappa shape index (κ1) is 23.8. The Morgan fingerprint density at radius 3 is 2.94 bits per heavy atom. The number of hydrogen-bond donors (Lipinski definition) is 2. The number of nitrogens with zero attached hydrogens (tertiary/aromatic N) is 3. The summed E-state index contributed by atoms with van der Waals surface area (Å²) in [4.78, 5) is 19.7. The number of aromatic nitrogens is 1. The summed E-state index contributed by atoms with van der Waals surface area (Å²) in [7, 11) is 0. The fourth-order valence-corrected chi connectivity index (χ4v) is 4.25. The van der Waals surface area contributed by atoms with Crippen LogP contribution in [-0.2, 0) is 11.3 Å². The van der Waals surface area contributed by atoms with Gasteiger partial charge in [0.25, 0.3) is 5.91 Å². The highest BCUT2D eigenvalue weighted by atomic mass is 16.5. The molecule has 4 rings (SSSR count). The Labute approximate surface area is 205 Å². The molecule has 0 unspecified atom stereocenters. The molecular formula is C27H39N5O2. The van der Waals surface area contributed by atoms with Gasteiger partial charge >= 0.3 is 0 Å². The maximum Gasteiger partial charge on any atom is 0.253 e. The van der Waals surface area contributed by atoms with E-state index in [0.717, 1.165) is 48.9 Å². The first-order valence-corrected chi connectivity index (χ1v) is 12.1. The molecule has 1 aromatic carbocycles. The fraction of sp³-hybridized carbons (Fsp3) is 0.407. The van der Waals surface area contributed by atoms with Gasteiger partial charge in [0.1, 0.15) is 5.84 Å². The second kappa shape index (κ2) is 10.7. The third-order valence-electron chi connectivity index (χ3n) is 6.30. The van der Waals surface area contributed by atoms with Gasteiger partial charge in [-0.25, -0.2) is 4.99 Å². The highest BCUT2D eigenvalue weighted by Gasteiger charge is 2.24. The van der Waals surface area contributed by atoms with Gasteiger partial charge in [0, 0.05) is 57.7 Å². The van der Waals surface area contributed by atoms with Gasteiger partial charge in [0.15, 0.2) is 0 Å². The van der Waals surface area contributed by atoms with Crippen molar-refractivity contribution < 1.29 is 12.4 Å². The van der Waals surface area contributed by atoms with Crippen molar-refractivity contribution in [2.45, 2.75) is 52.8 Å². The summed E-state index contributed by atoms with van der Waals surface area (Å²) < 4.78 is 7.77. The number of aryl methyl sites for hydroxylation is 1. The van der Waals surface area contributed by atoms with Crippen molar-refractivity contribution in [1.82, 2.24) is 15.2 Å². The lowest BCUT2D eigenvalue weighted by Crippen LogP contribution is -2.47. The van der Waals surface area contributed by atoms with Crippen LogP contribution in [0.2, 0.25) is 0 Å². The Morgan fingerprint density at radius 1 is 1.32 bits per heavy atom. The van der Waals surface area contributed by atoms with Crippen LogP contribution in [0.1, 0.15) is 52.9 Å². The van der Waals surface area contributed by atoms with Crippen molar-refractivity contribution in [3.05, 3.63) is 71.7 Å². The molecule has 3 heterocycles. The summed E-state index contributed by atoms with van der Waals surface area (Å²) in [6, 6.07) is 10.8. The van der Waals surface area contributed by atoms with Gasteiger partial charge in [-0.3, -0.25) is 4.79 Å². The van der Waals surface area contributed by atoms with E-state index < -0.39 is 0 Å². The van der Waals surface area contributed by atoms with Gasteiger partial charge in [0.2, 0.25) is 0 Å². The molecule has 0 radical (unpaired) electrons. The van der Waals surface area contributed by atoms with E-state index in [1.165, 1.54) is 5.69 Å². The first-order valence-electron chi connectivity index (χ1n) is 12.1. The fourth-order valence-electron chi connectivity index (χ4n) is 4.25. The molecule has 2 aliphatic rings. The van der Waals surface area contributed by atoms with Crippen LogP contribution in [-0.4, -0.2) is 48.2 Å². The maximum atomic E-state index is 12.4. The van der Waals surface area contributed by atoms with Gasteiger partial charge in [0.05, 0.1) is 30.5 Å². The van der Waals surface area contributed by atoms with E-state index in [0.29, 0.717) is 18.2 Å². The predicted octanol–water partition coefficient (Wildman–Crippen LogP) is 4.68. The smallest absolute Gasteiger partial charge is 0.253 e. The van der Waals surface area contributed by atoms with E-state index in [2.05, 4.69) is 59.7 Å². The number of nitrogens with one attached hydrogen (secondary N) is 2. The molecule has 184 valence electrons. The molecule has 1 saturated heterocycles. The van der Waals surface area contributed by atoms with Crippen LogP contribution in [0.15, 0.2) is 65.6 Å². The van der Waals surface area contributed by atoms with Crippen molar-refractivity contribution in [1.29, 1.82) is 0 Å². The lowest BCUT2D eigenvalue weighted by atomic mass is 10.1. The molecule has 2 N–H and O–H groups in total. The number of morpholine rings is 1. The molecule has 7 nitrogen and oxygen atoms in total. The van der Waals surface area contributed by atoms with Gasteiger partial charge in [-0.2, -0.15) is 0 Å². The van der Waals surface area contributed by atoms with Gasteiger partial charge in [-0.05, 0) is 45.9 Å². The molecule has 0 spiro atoms. The number of benzene rings is 1. The monoisotopic (exact) mass is 465 g/mol. The normalized spacial score (nSPS) is 20.7. The SMILES string of the molecule is C/C=C(/CNC(=O)c1ccn(CC)c1)NC1=NC(c2cccc(N3C[C@@H](C)OC[C@@H]3C)c2)=CC1.[HH].[HH].